The standard InChI is InChI=1S/C18H19N5O3/c24-15-6-7-22(12-15)17-8-16(21-26-17)18(25)20-14-9-19-23(11-14)10-13-4-2-1-3-5-13/h1-5,8-9,11,15,24H,6-7,10,12H2,(H,20,25)/t15-/m1/s1. The summed E-state index contributed by atoms with van der Waals surface area (Å²) >= 11 is 0. The lowest BCUT2D eigenvalue weighted by Gasteiger charge is -2.11. The summed E-state index contributed by atoms with van der Waals surface area (Å²) in [6.07, 6.45) is 3.68. The molecule has 2 aromatic heterocycles. The van der Waals surface area contributed by atoms with Crippen molar-refractivity contribution >= 4 is 17.5 Å². The van der Waals surface area contributed by atoms with E-state index in [9.17, 15) is 9.90 Å². The summed E-state index contributed by atoms with van der Waals surface area (Å²) in [7, 11) is 0. The summed E-state index contributed by atoms with van der Waals surface area (Å²) in [5.74, 6) is 0.130. The maximum atomic E-state index is 12.3. The van der Waals surface area contributed by atoms with Crippen molar-refractivity contribution in [1.29, 1.82) is 0 Å². The molecule has 1 atom stereocenters. The zero-order valence-corrected chi connectivity index (χ0v) is 14.1. The number of amides is 1. The van der Waals surface area contributed by atoms with Gasteiger partial charge in [0.15, 0.2) is 5.69 Å². The summed E-state index contributed by atoms with van der Waals surface area (Å²) in [4.78, 5) is 14.2. The van der Waals surface area contributed by atoms with E-state index in [-0.39, 0.29) is 17.7 Å². The fourth-order valence-electron chi connectivity index (χ4n) is 2.94. The van der Waals surface area contributed by atoms with Gasteiger partial charge < -0.3 is 19.8 Å². The lowest BCUT2D eigenvalue weighted by atomic mass is 10.2. The topological polar surface area (TPSA) is 96.4 Å². The van der Waals surface area contributed by atoms with Crippen molar-refractivity contribution in [2.75, 3.05) is 23.3 Å². The second kappa shape index (κ2) is 7.01. The van der Waals surface area contributed by atoms with E-state index in [2.05, 4.69) is 15.6 Å². The van der Waals surface area contributed by atoms with Crippen LogP contribution < -0.4 is 10.2 Å². The van der Waals surface area contributed by atoms with Crippen LogP contribution in [-0.4, -0.2) is 45.1 Å². The van der Waals surface area contributed by atoms with E-state index in [0.717, 1.165) is 5.56 Å². The molecule has 0 unspecified atom stereocenters. The number of nitrogens with zero attached hydrogens (tertiary/aromatic N) is 4. The first-order chi connectivity index (χ1) is 12.7. The molecule has 1 saturated heterocycles. The van der Waals surface area contributed by atoms with E-state index in [0.29, 0.717) is 37.6 Å². The molecule has 0 bridgehead atoms. The Kier molecular flexibility index (Phi) is 4.40. The Labute approximate surface area is 150 Å². The maximum absolute atomic E-state index is 12.3. The van der Waals surface area contributed by atoms with Crippen LogP contribution in [0.3, 0.4) is 0 Å². The van der Waals surface area contributed by atoms with Crippen molar-refractivity contribution < 1.29 is 14.4 Å². The Morgan fingerprint density at radius 1 is 1.35 bits per heavy atom. The molecule has 1 amide bonds. The van der Waals surface area contributed by atoms with E-state index >= 15 is 0 Å². The summed E-state index contributed by atoms with van der Waals surface area (Å²) in [6.45, 7) is 1.80. The largest absolute Gasteiger partial charge is 0.391 e. The highest BCUT2D eigenvalue weighted by Crippen LogP contribution is 2.21. The molecule has 1 aromatic carbocycles. The predicted octanol–water partition coefficient (Wildman–Crippen LogP) is 1.74. The van der Waals surface area contributed by atoms with E-state index in [1.165, 1.54) is 0 Å². The van der Waals surface area contributed by atoms with Gasteiger partial charge in [-0.3, -0.25) is 9.48 Å². The lowest BCUT2D eigenvalue weighted by molar-refractivity contribution is 0.101. The van der Waals surface area contributed by atoms with Crippen LogP contribution in [0.4, 0.5) is 11.6 Å². The molecule has 0 saturated carbocycles. The molecule has 134 valence electrons. The number of aromatic nitrogens is 3. The molecule has 3 aromatic rings. The number of aliphatic hydroxyl groups excluding tert-OH is 1. The summed E-state index contributed by atoms with van der Waals surface area (Å²) in [6, 6.07) is 11.5. The third-order valence-electron chi connectivity index (χ3n) is 4.28. The van der Waals surface area contributed by atoms with Crippen LogP contribution >= 0.6 is 0 Å². The van der Waals surface area contributed by atoms with Gasteiger partial charge >= 0.3 is 0 Å². The Morgan fingerprint density at radius 2 is 2.19 bits per heavy atom. The third kappa shape index (κ3) is 3.60. The molecular formula is C18H19N5O3. The van der Waals surface area contributed by atoms with Crippen molar-refractivity contribution in [2.24, 2.45) is 0 Å². The zero-order valence-electron chi connectivity index (χ0n) is 14.1. The van der Waals surface area contributed by atoms with Crippen molar-refractivity contribution in [2.45, 2.75) is 19.1 Å². The molecule has 1 fully saturated rings. The normalized spacial score (nSPS) is 16.8. The fraction of sp³-hybridized carbons (Fsp3) is 0.278. The maximum Gasteiger partial charge on any atom is 0.278 e. The number of hydrogen-bond acceptors (Lipinski definition) is 6. The first-order valence-electron chi connectivity index (χ1n) is 8.45. The molecule has 1 aliphatic heterocycles. The molecule has 4 rings (SSSR count). The van der Waals surface area contributed by atoms with Gasteiger partial charge in [-0.05, 0) is 12.0 Å². The van der Waals surface area contributed by atoms with Gasteiger partial charge in [-0.2, -0.15) is 5.10 Å². The van der Waals surface area contributed by atoms with Crippen LogP contribution in [0.5, 0.6) is 0 Å². The molecule has 8 heteroatoms. The minimum absolute atomic E-state index is 0.192. The van der Waals surface area contributed by atoms with E-state index < -0.39 is 0 Å². The fourth-order valence-corrected chi connectivity index (χ4v) is 2.94. The van der Waals surface area contributed by atoms with Gasteiger partial charge in [-0.1, -0.05) is 35.5 Å². The van der Waals surface area contributed by atoms with E-state index in [1.54, 1.807) is 23.1 Å². The highest BCUT2D eigenvalue weighted by molar-refractivity contribution is 6.03. The second-order valence-corrected chi connectivity index (χ2v) is 6.31. The molecular weight excluding hydrogens is 334 g/mol. The van der Waals surface area contributed by atoms with Gasteiger partial charge in [-0.15, -0.1) is 0 Å². The smallest absolute Gasteiger partial charge is 0.278 e. The van der Waals surface area contributed by atoms with Crippen LogP contribution in [0, 0.1) is 0 Å². The van der Waals surface area contributed by atoms with E-state index in [4.69, 9.17) is 4.52 Å². The van der Waals surface area contributed by atoms with Crippen LogP contribution in [0.2, 0.25) is 0 Å². The number of anilines is 2. The molecule has 0 spiro atoms. The second-order valence-electron chi connectivity index (χ2n) is 6.31. The number of carbonyl (C=O) groups is 1. The summed E-state index contributed by atoms with van der Waals surface area (Å²) < 4.78 is 6.98. The number of rotatable bonds is 5. The first-order valence-corrected chi connectivity index (χ1v) is 8.45. The highest BCUT2D eigenvalue weighted by atomic mass is 16.5. The average Bonchev–Trinajstić information content (AvgIpc) is 3.37. The van der Waals surface area contributed by atoms with Gasteiger partial charge in [0.25, 0.3) is 5.91 Å². The molecule has 1 aliphatic rings. The van der Waals surface area contributed by atoms with Crippen LogP contribution in [0.1, 0.15) is 22.5 Å². The third-order valence-corrected chi connectivity index (χ3v) is 4.28. The lowest BCUT2D eigenvalue weighted by Crippen LogP contribution is -2.20. The Hall–Kier alpha value is -3.13. The van der Waals surface area contributed by atoms with Crippen molar-refractivity contribution in [3.05, 3.63) is 60.0 Å². The molecule has 2 N–H and O–H groups in total. The molecule has 26 heavy (non-hydrogen) atoms. The number of benzene rings is 1. The predicted molar refractivity (Wildman–Crippen MR) is 95.1 cm³/mol. The minimum atomic E-state index is -0.368. The Bertz CT molecular complexity index is 889. The van der Waals surface area contributed by atoms with Crippen molar-refractivity contribution in [3.8, 4) is 0 Å². The van der Waals surface area contributed by atoms with Gasteiger partial charge in [-0.25, -0.2) is 0 Å². The number of carbonyl (C=O) groups excluding carboxylic acids is 1. The molecule has 3 heterocycles. The van der Waals surface area contributed by atoms with E-state index in [1.807, 2.05) is 35.2 Å². The van der Waals surface area contributed by atoms with Crippen LogP contribution in [0.25, 0.3) is 0 Å². The summed E-state index contributed by atoms with van der Waals surface area (Å²) in [5, 5.41) is 20.4. The number of aliphatic hydroxyl groups is 1. The average molecular weight is 353 g/mol. The molecule has 0 radical (unpaired) electrons. The van der Waals surface area contributed by atoms with Gasteiger partial charge in [0.1, 0.15) is 0 Å². The molecule has 0 aliphatic carbocycles. The number of hydrogen-bond donors (Lipinski definition) is 2. The Morgan fingerprint density at radius 3 is 2.96 bits per heavy atom. The number of β-amino-alcohol motifs (C(OH)–C–C–N with tert-alkyl or cyclic N) is 1. The van der Waals surface area contributed by atoms with Gasteiger partial charge in [0.05, 0.1) is 24.5 Å². The van der Waals surface area contributed by atoms with Gasteiger partial charge in [0, 0.05) is 25.4 Å². The van der Waals surface area contributed by atoms with Crippen molar-refractivity contribution in [1.82, 2.24) is 14.9 Å². The highest BCUT2D eigenvalue weighted by Gasteiger charge is 2.24. The minimum Gasteiger partial charge on any atom is -0.391 e. The monoisotopic (exact) mass is 353 g/mol. The number of nitrogens with one attached hydrogen (secondary N) is 1. The SMILES string of the molecule is O=C(Nc1cnn(Cc2ccccc2)c1)c1cc(N2CC[C@@H](O)C2)on1. The molecule has 8 nitrogen and oxygen atoms in total. The first kappa shape index (κ1) is 16.3. The quantitative estimate of drug-likeness (QED) is 0.725. The Balaban J connectivity index is 1.38. The van der Waals surface area contributed by atoms with Gasteiger partial charge in [0.2, 0.25) is 5.88 Å². The van der Waals surface area contributed by atoms with Crippen molar-refractivity contribution in [3.63, 3.8) is 0 Å². The zero-order chi connectivity index (χ0) is 17.9. The van der Waals surface area contributed by atoms with Crippen LogP contribution in [0.15, 0.2) is 53.3 Å². The summed E-state index contributed by atoms with van der Waals surface area (Å²) in [5.41, 5.74) is 1.91. The van der Waals surface area contributed by atoms with Crippen LogP contribution in [-0.2, 0) is 6.54 Å².